The van der Waals surface area contributed by atoms with E-state index in [4.69, 9.17) is 10.00 Å². The van der Waals surface area contributed by atoms with Gasteiger partial charge in [-0.25, -0.2) is 0 Å². The third-order valence-corrected chi connectivity index (χ3v) is 2.49. The number of amides is 1. The number of nitrogens with one attached hydrogen (secondary N) is 1. The van der Waals surface area contributed by atoms with Gasteiger partial charge in [0.1, 0.15) is 11.6 Å². The maximum absolute atomic E-state index is 12.6. The molecule has 0 radical (unpaired) electrons. The number of halogens is 2. The summed E-state index contributed by atoms with van der Waals surface area (Å²) in [5.41, 5.74) is -0.119. The fraction of sp³-hybridized carbons (Fsp3) is 0.385. The summed E-state index contributed by atoms with van der Waals surface area (Å²) < 4.78 is 30.8. The third-order valence-electron chi connectivity index (χ3n) is 2.49. The number of aromatic nitrogens is 1. The first-order valence-electron chi connectivity index (χ1n) is 5.94. The number of nitrogens with zero attached hydrogens (tertiary/aromatic N) is 2. The maximum Gasteiger partial charge on any atom is 0.318 e. The number of rotatable bonds is 7. The lowest BCUT2D eigenvalue weighted by Gasteiger charge is -2.06. The molecule has 0 saturated heterocycles. The van der Waals surface area contributed by atoms with Crippen LogP contribution in [0.15, 0.2) is 23.9 Å². The molecule has 1 aromatic rings. The Kier molecular flexibility index (Phi) is 6.40. The van der Waals surface area contributed by atoms with Gasteiger partial charge < -0.3 is 10.1 Å². The number of hydrogen-bond donors (Lipinski definition) is 1. The van der Waals surface area contributed by atoms with Gasteiger partial charge in [-0.15, -0.1) is 0 Å². The number of carbonyl (C=O) groups excluding carboxylic acids is 1. The number of carbonyl (C=O) groups is 1. The van der Waals surface area contributed by atoms with Crippen molar-refractivity contribution in [2.45, 2.75) is 13.0 Å². The smallest absolute Gasteiger partial charge is 0.318 e. The van der Waals surface area contributed by atoms with Crippen LogP contribution < -0.4 is 5.32 Å². The standard InChI is InChI=1S/C13H15F2N3O2/c1-20-7-3-5-17-12(19)10(9-16)8-11-4-2-6-18(11)13(14)15/h2,4,6,8,13H,3,5,7H2,1H3,(H,17,19)/b10-8+. The molecule has 0 saturated carbocycles. The van der Waals surface area contributed by atoms with Crippen molar-refractivity contribution < 1.29 is 18.3 Å². The van der Waals surface area contributed by atoms with Crippen LogP contribution in [0.4, 0.5) is 8.78 Å². The Morgan fingerprint density at radius 3 is 3.00 bits per heavy atom. The predicted molar refractivity (Wildman–Crippen MR) is 68.8 cm³/mol. The van der Waals surface area contributed by atoms with E-state index in [1.165, 1.54) is 18.3 Å². The van der Waals surface area contributed by atoms with Gasteiger partial charge in [-0.3, -0.25) is 9.36 Å². The molecule has 1 heterocycles. The molecule has 0 unspecified atom stereocenters. The van der Waals surface area contributed by atoms with Gasteiger partial charge in [-0.2, -0.15) is 14.0 Å². The van der Waals surface area contributed by atoms with Crippen molar-refractivity contribution in [3.63, 3.8) is 0 Å². The average Bonchev–Trinajstić information content (AvgIpc) is 2.89. The molecule has 0 aliphatic rings. The first-order valence-corrected chi connectivity index (χ1v) is 5.94. The van der Waals surface area contributed by atoms with E-state index in [2.05, 4.69) is 5.32 Å². The quantitative estimate of drug-likeness (QED) is 0.472. The highest BCUT2D eigenvalue weighted by Gasteiger charge is 2.12. The molecule has 0 aromatic carbocycles. The minimum atomic E-state index is -2.72. The Hall–Kier alpha value is -2.20. The van der Waals surface area contributed by atoms with E-state index in [0.29, 0.717) is 24.1 Å². The van der Waals surface area contributed by atoms with Crippen LogP contribution in [-0.4, -0.2) is 30.7 Å². The van der Waals surface area contributed by atoms with Crippen molar-refractivity contribution >= 4 is 12.0 Å². The van der Waals surface area contributed by atoms with E-state index in [0.717, 1.165) is 6.08 Å². The number of nitriles is 1. The molecule has 1 amide bonds. The van der Waals surface area contributed by atoms with Crippen LogP contribution >= 0.6 is 0 Å². The summed E-state index contributed by atoms with van der Waals surface area (Å²) in [6.07, 6.45) is 2.92. The van der Waals surface area contributed by atoms with Gasteiger partial charge in [-0.05, 0) is 24.6 Å². The molecule has 0 atom stereocenters. The van der Waals surface area contributed by atoms with Crippen LogP contribution in [0.2, 0.25) is 0 Å². The molecule has 0 bridgehead atoms. The molecule has 5 nitrogen and oxygen atoms in total. The summed E-state index contributed by atoms with van der Waals surface area (Å²) in [6, 6.07) is 4.53. The van der Waals surface area contributed by atoms with Crippen LogP contribution in [0.5, 0.6) is 0 Å². The van der Waals surface area contributed by atoms with Crippen molar-refractivity contribution in [1.82, 2.24) is 9.88 Å². The van der Waals surface area contributed by atoms with Crippen molar-refractivity contribution in [3.05, 3.63) is 29.6 Å². The van der Waals surface area contributed by atoms with E-state index in [9.17, 15) is 13.6 Å². The summed E-state index contributed by atoms with van der Waals surface area (Å²) in [5, 5.41) is 11.5. The minimum absolute atomic E-state index is 0.101. The maximum atomic E-state index is 12.6. The van der Waals surface area contributed by atoms with E-state index >= 15 is 0 Å². The normalized spacial score (nSPS) is 11.4. The zero-order valence-electron chi connectivity index (χ0n) is 11.0. The Morgan fingerprint density at radius 2 is 2.40 bits per heavy atom. The molecular formula is C13H15F2N3O2. The lowest BCUT2D eigenvalue weighted by atomic mass is 10.2. The van der Waals surface area contributed by atoms with Crippen LogP contribution in [-0.2, 0) is 9.53 Å². The zero-order chi connectivity index (χ0) is 15.0. The summed E-state index contributed by atoms with van der Waals surface area (Å²) in [7, 11) is 1.54. The van der Waals surface area contributed by atoms with Gasteiger partial charge in [0, 0.05) is 32.2 Å². The van der Waals surface area contributed by atoms with Crippen LogP contribution in [0.3, 0.4) is 0 Å². The highest BCUT2D eigenvalue weighted by Crippen LogP contribution is 2.17. The molecule has 0 spiro atoms. The summed E-state index contributed by atoms with van der Waals surface area (Å²) in [4.78, 5) is 11.7. The van der Waals surface area contributed by atoms with Crippen LogP contribution in [0.1, 0.15) is 18.7 Å². The van der Waals surface area contributed by atoms with Crippen LogP contribution in [0.25, 0.3) is 6.08 Å². The Bertz CT molecular complexity index is 518. The Balaban J connectivity index is 2.74. The Morgan fingerprint density at radius 1 is 1.65 bits per heavy atom. The van der Waals surface area contributed by atoms with Gasteiger partial charge in [-0.1, -0.05) is 0 Å². The first-order chi connectivity index (χ1) is 9.60. The summed E-state index contributed by atoms with van der Waals surface area (Å²) in [5.74, 6) is -0.592. The van der Waals surface area contributed by atoms with Crippen molar-refractivity contribution in [1.29, 1.82) is 5.26 Å². The molecule has 1 N–H and O–H groups in total. The van der Waals surface area contributed by atoms with Gasteiger partial charge in [0.15, 0.2) is 0 Å². The SMILES string of the molecule is COCCCNC(=O)/C(C#N)=C/c1cccn1C(F)F. The number of ether oxygens (including phenoxy) is 1. The molecule has 0 fully saturated rings. The summed E-state index contributed by atoms with van der Waals surface area (Å²) >= 11 is 0. The first kappa shape index (κ1) is 15.9. The van der Waals surface area contributed by atoms with Gasteiger partial charge in [0.05, 0.1) is 0 Å². The van der Waals surface area contributed by atoms with Gasteiger partial charge in [0.2, 0.25) is 0 Å². The topological polar surface area (TPSA) is 67.0 Å². The second kappa shape index (κ2) is 8.07. The molecule has 108 valence electrons. The van der Waals surface area contributed by atoms with Crippen molar-refractivity contribution in [3.8, 4) is 6.07 Å². The predicted octanol–water partition coefficient (Wildman–Crippen LogP) is 1.94. The number of alkyl halides is 2. The second-order valence-electron chi connectivity index (χ2n) is 3.89. The molecule has 1 aromatic heterocycles. The average molecular weight is 283 g/mol. The summed E-state index contributed by atoms with van der Waals surface area (Å²) in [6.45, 7) is -1.89. The van der Waals surface area contributed by atoms with E-state index in [1.54, 1.807) is 13.2 Å². The van der Waals surface area contributed by atoms with Crippen molar-refractivity contribution in [2.24, 2.45) is 0 Å². The molecule has 1 rings (SSSR count). The lowest BCUT2D eigenvalue weighted by molar-refractivity contribution is -0.117. The van der Waals surface area contributed by atoms with Crippen molar-refractivity contribution in [2.75, 3.05) is 20.3 Å². The molecule has 7 heteroatoms. The molecule has 0 aliphatic carbocycles. The van der Waals surface area contributed by atoms with E-state index < -0.39 is 12.5 Å². The van der Waals surface area contributed by atoms with E-state index in [-0.39, 0.29) is 11.3 Å². The highest BCUT2D eigenvalue weighted by molar-refractivity contribution is 6.01. The Labute approximate surface area is 115 Å². The number of methoxy groups -OCH3 is 1. The second-order valence-corrected chi connectivity index (χ2v) is 3.89. The fourth-order valence-electron chi connectivity index (χ4n) is 1.52. The largest absolute Gasteiger partial charge is 0.385 e. The van der Waals surface area contributed by atoms with Gasteiger partial charge >= 0.3 is 6.55 Å². The lowest BCUT2D eigenvalue weighted by Crippen LogP contribution is -2.26. The molecule has 0 aliphatic heterocycles. The highest BCUT2D eigenvalue weighted by atomic mass is 19.3. The molecular weight excluding hydrogens is 268 g/mol. The van der Waals surface area contributed by atoms with Crippen LogP contribution in [0, 0.1) is 11.3 Å². The molecule has 20 heavy (non-hydrogen) atoms. The third kappa shape index (κ3) is 4.48. The fourth-order valence-corrected chi connectivity index (χ4v) is 1.52. The monoisotopic (exact) mass is 283 g/mol. The zero-order valence-corrected chi connectivity index (χ0v) is 11.0. The van der Waals surface area contributed by atoms with Gasteiger partial charge in [0.25, 0.3) is 5.91 Å². The minimum Gasteiger partial charge on any atom is -0.385 e. The number of hydrogen-bond acceptors (Lipinski definition) is 3. The van der Waals surface area contributed by atoms with E-state index in [1.807, 2.05) is 0 Å².